The zero-order valence-corrected chi connectivity index (χ0v) is 9.88. The lowest BCUT2D eigenvalue weighted by atomic mass is 9.70. The Hall–Kier alpha value is -0.130. The van der Waals surface area contributed by atoms with E-state index in [4.69, 9.17) is 0 Å². The first-order valence-electron chi connectivity index (χ1n) is 5.31. The molecule has 0 aromatic heterocycles. The average Bonchev–Trinajstić information content (AvgIpc) is 2.34. The Kier molecular flexibility index (Phi) is 2.24. The van der Waals surface area contributed by atoms with Gasteiger partial charge in [-0.3, -0.25) is 0 Å². The molecule has 0 radical (unpaired) electrons. The molecular weight excluding hydrogens is 216 g/mol. The highest BCUT2D eigenvalue weighted by molar-refractivity contribution is 7.85. The predicted octanol–water partition coefficient (Wildman–Crippen LogP) is 0.719. The van der Waals surface area contributed by atoms with Crippen LogP contribution in [0.4, 0.5) is 0 Å². The average molecular weight is 233 g/mol. The summed E-state index contributed by atoms with van der Waals surface area (Å²) in [6, 6.07) is 0. The lowest BCUT2D eigenvalue weighted by Crippen LogP contribution is -2.44. The maximum absolute atomic E-state index is 10.9. The molecule has 4 nitrogen and oxygen atoms in total. The van der Waals surface area contributed by atoms with Crippen molar-refractivity contribution in [3.05, 3.63) is 0 Å². The molecule has 2 aliphatic rings. The van der Waals surface area contributed by atoms with E-state index in [1.165, 1.54) is 0 Å². The van der Waals surface area contributed by atoms with Crippen LogP contribution < -0.4 is 0 Å². The second-order valence-electron chi connectivity index (χ2n) is 5.57. The van der Waals surface area contributed by atoms with Gasteiger partial charge in [-0.2, -0.15) is 0 Å². The molecule has 2 aliphatic carbocycles. The van der Waals surface area contributed by atoms with Gasteiger partial charge < -0.3 is 9.66 Å². The molecule has 0 amide bonds. The molecule has 0 aromatic carbocycles. The summed E-state index contributed by atoms with van der Waals surface area (Å²) in [5.41, 5.74) is -0.928. The molecule has 3 atom stereocenters. The normalized spacial score (nSPS) is 43.5. The highest BCUT2D eigenvalue weighted by atomic mass is 32.2. The summed E-state index contributed by atoms with van der Waals surface area (Å²) in [6.07, 6.45) is 1.60. The molecule has 0 saturated heterocycles. The SMILES string of the molecule is CC1(C)C2CCC1(CS(=O)(=O)[O-])[C@H](O)C2. The van der Waals surface area contributed by atoms with Crippen molar-refractivity contribution in [3.63, 3.8) is 0 Å². The summed E-state index contributed by atoms with van der Waals surface area (Å²) in [5.74, 6) is -0.0563. The summed E-state index contributed by atoms with van der Waals surface area (Å²) in [4.78, 5) is 0. The molecule has 2 unspecified atom stereocenters. The van der Waals surface area contributed by atoms with Gasteiger partial charge in [0.25, 0.3) is 0 Å². The highest BCUT2D eigenvalue weighted by Crippen LogP contribution is 2.65. The van der Waals surface area contributed by atoms with Gasteiger partial charge in [0.1, 0.15) is 0 Å². The Balaban J connectivity index is 2.40. The minimum atomic E-state index is -4.27. The Bertz CT molecular complexity index is 373. The van der Waals surface area contributed by atoms with Crippen LogP contribution in [0.3, 0.4) is 0 Å². The van der Waals surface area contributed by atoms with Crippen LogP contribution in [0.25, 0.3) is 0 Å². The fraction of sp³-hybridized carbons (Fsp3) is 1.00. The van der Waals surface area contributed by atoms with Crippen LogP contribution in [0.15, 0.2) is 0 Å². The third-order valence-corrected chi connectivity index (χ3v) is 5.69. The second-order valence-corrected chi connectivity index (χ2v) is 6.97. The van der Waals surface area contributed by atoms with Gasteiger partial charge in [0.2, 0.25) is 0 Å². The fourth-order valence-electron chi connectivity index (χ4n) is 3.69. The topological polar surface area (TPSA) is 77.4 Å². The van der Waals surface area contributed by atoms with Crippen molar-refractivity contribution in [2.45, 2.75) is 39.2 Å². The molecule has 2 fully saturated rings. The van der Waals surface area contributed by atoms with E-state index < -0.39 is 27.4 Å². The van der Waals surface area contributed by atoms with Crippen LogP contribution in [0.5, 0.6) is 0 Å². The molecule has 0 aliphatic heterocycles. The highest BCUT2D eigenvalue weighted by Gasteiger charge is 2.64. The predicted molar refractivity (Wildman–Crippen MR) is 54.1 cm³/mol. The lowest BCUT2D eigenvalue weighted by Gasteiger charge is -2.41. The summed E-state index contributed by atoms with van der Waals surface area (Å²) < 4.78 is 32.8. The molecule has 0 aromatic rings. The third-order valence-electron chi connectivity index (χ3n) is 4.82. The van der Waals surface area contributed by atoms with Gasteiger partial charge in [-0.1, -0.05) is 13.8 Å². The lowest BCUT2D eigenvalue weighted by molar-refractivity contribution is 0.0141. The number of rotatable bonds is 2. The zero-order valence-electron chi connectivity index (χ0n) is 9.06. The van der Waals surface area contributed by atoms with E-state index in [9.17, 15) is 18.1 Å². The standard InChI is InChI=1S/C10H18O4S/c1-9(2)7-3-4-10(9,8(11)5-7)6-15(12,13)14/h7-8,11H,3-6H2,1-2H3,(H,12,13,14)/p-1/t7?,8-,10?/m1/s1. The molecule has 0 heterocycles. The van der Waals surface area contributed by atoms with Crippen LogP contribution in [0.1, 0.15) is 33.1 Å². The van der Waals surface area contributed by atoms with Crippen molar-refractivity contribution in [2.75, 3.05) is 5.75 Å². The van der Waals surface area contributed by atoms with Crippen LogP contribution in [-0.2, 0) is 10.1 Å². The van der Waals surface area contributed by atoms with Gasteiger partial charge >= 0.3 is 0 Å². The summed E-state index contributed by atoms with van der Waals surface area (Å²) in [5, 5.41) is 9.97. The van der Waals surface area contributed by atoms with E-state index in [0.717, 1.165) is 6.42 Å². The summed E-state index contributed by atoms with van der Waals surface area (Å²) >= 11 is 0. The number of fused-ring (bicyclic) bond motifs is 2. The summed E-state index contributed by atoms with van der Waals surface area (Å²) in [7, 11) is -4.27. The number of aliphatic hydroxyl groups is 1. The Labute approximate surface area is 90.4 Å². The van der Waals surface area contributed by atoms with E-state index >= 15 is 0 Å². The Morgan fingerprint density at radius 1 is 1.47 bits per heavy atom. The van der Waals surface area contributed by atoms with Gasteiger partial charge in [0.15, 0.2) is 0 Å². The fourth-order valence-corrected chi connectivity index (χ4v) is 5.03. The Morgan fingerprint density at radius 2 is 2.07 bits per heavy atom. The van der Waals surface area contributed by atoms with Gasteiger partial charge in [0, 0.05) is 11.2 Å². The Morgan fingerprint density at radius 3 is 2.40 bits per heavy atom. The zero-order chi connectivity index (χ0) is 11.5. The molecule has 5 heteroatoms. The first kappa shape index (κ1) is 11.4. The molecule has 0 spiro atoms. The van der Waals surface area contributed by atoms with Crippen molar-refractivity contribution in [1.29, 1.82) is 0 Å². The maximum atomic E-state index is 10.9. The molecule has 1 N–H and O–H groups in total. The molecule has 2 saturated carbocycles. The maximum Gasteiger partial charge on any atom is 0.0952 e. The van der Waals surface area contributed by atoms with Crippen LogP contribution in [0, 0.1) is 16.7 Å². The minimum Gasteiger partial charge on any atom is -0.748 e. The first-order valence-corrected chi connectivity index (χ1v) is 6.88. The number of hydrogen-bond donors (Lipinski definition) is 1. The molecule has 88 valence electrons. The van der Waals surface area contributed by atoms with E-state index in [1.54, 1.807) is 0 Å². The monoisotopic (exact) mass is 233 g/mol. The van der Waals surface area contributed by atoms with E-state index in [2.05, 4.69) is 0 Å². The molecule has 15 heavy (non-hydrogen) atoms. The van der Waals surface area contributed by atoms with E-state index in [1.807, 2.05) is 13.8 Å². The van der Waals surface area contributed by atoms with Crippen molar-refractivity contribution in [3.8, 4) is 0 Å². The molecular formula is C10H17O4S-. The van der Waals surface area contributed by atoms with Crippen molar-refractivity contribution in [1.82, 2.24) is 0 Å². The van der Waals surface area contributed by atoms with Crippen LogP contribution in [0.2, 0.25) is 0 Å². The molecule has 2 bridgehead atoms. The van der Waals surface area contributed by atoms with Gasteiger partial charge in [-0.25, -0.2) is 8.42 Å². The van der Waals surface area contributed by atoms with Crippen molar-refractivity contribution in [2.24, 2.45) is 16.7 Å². The van der Waals surface area contributed by atoms with E-state index in [-0.39, 0.29) is 5.41 Å². The van der Waals surface area contributed by atoms with Crippen molar-refractivity contribution >= 4 is 10.1 Å². The van der Waals surface area contributed by atoms with E-state index in [0.29, 0.717) is 18.8 Å². The third kappa shape index (κ3) is 1.44. The largest absolute Gasteiger partial charge is 0.748 e. The smallest absolute Gasteiger partial charge is 0.0952 e. The van der Waals surface area contributed by atoms with Crippen LogP contribution in [-0.4, -0.2) is 29.9 Å². The molecule has 2 rings (SSSR count). The number of hydrogen-bond acceptors (Lipinski definition) is 4. The van der Waals surface area contributed by atoms with Gasteiger partial charge in [-0.15, -0.1) is 0 Å². The minimum absolute atomic E-state index is 0.232. The number of aliphatic hydroxyl groups excluding tert-OH is 1. The second kappa shape index (κ2) is 2.96. The quantitative estimate of drug-likeness (QED) is 0.713. The first-order chi connectivity index (χ1) is 6.69. The van der Waals surface area contributed by atoms with Crippen molar-refractivity contribution < 1.29 is 18.1 Å². The summed E-state index contributed by atoms with van der Waals surface area (Å²) in [6.45, 7) is 3.96. The van der Waals surface area contributed by atoms with Crippen LogP contribution >= 0.6 is 0 Å². The van der Waals surface area contributed by atoms with Gasteiger partial charge in [0.05, 0.1) is 16.2 Å². The van der Waals surface area contributed by atoms with Gasteiger partial charge in [-0.05, 0) is 30.6 Å².